The zero-order chi connectivity index (χ0) is 42.0. The highest BCUT2D eigenvalue weighted by Gasteiger charge is 2.32. The lowest BCUT2D eigenvalue weighted by molar-refractivity contribution is -0.137. The normalized spacial score (nSPS) is 11.8. The van der Waals surface area contributed by atoms with Gasteiger partial charge in [0.15, 0.2) is 17.5 Å². The first-order valence-corrected chi connectivity index (χ1v) is 20.0. The number of benzene rings is 8. The molecule has 0 aliphatic heterocycles. The molecule has 8 aromatic carbocycles. The Bertz CT molecular complexity index is 3490. The summed E-state index contributed by atoms with van der Waals surface area (Å²) < 4.78 is 48.1. The van der Waals surface area contributed by atoms with Crippen LogP contribution in [-0.4, -0.2) is 24.1 Å². The second-order valence-electron chi connectivity index (χ2n) is 15.0. The first-order valence-electron chi connectivity index (χ1n) is 20.0. The van der Waals surface area contributed by atoms with Crippen molar-refractivity contribution in [3.05, 3.63) is 199 Å². The Labute approximate surface area is 353 Å². The number of para-hydroxylation sites is 4. The van der Waals surface area contributed by atoms with Gasteiger partial charge < -0.3 is 9.13 Å². The number of fused-ring (bicyclic) bond motifs is 6. The number of aromatic nitrogens is 5. The highest BCUT2D eigenvalue weighted by Crippen LogP contribution is 2.42. The highest BCUT2D eigenvalue weighted by atomic mass is 19.4. The maximum absolute atomic E-state index is 14.7. The molecular weight excluding hydrogens is 778 g/mol. The molecule has 0 radical (unpaired) electrons. The number of halogens is 3. The fraction of sp³-hybridized carbons (Fsp3) is 0.0189. The molecule has 0 unspecified atom stereocenters. The summed E-state index contributed by atoms with van der Waals surface area (Å²) in [6, 6.07) is 60.8. The molecule has 0 bridgehead atoms. The molecule has 0 fully saturated rings. The second-order valence-corrected chi connectivity index (χ2v) is 15.0. The molecule has 3 aromatic heterocycles. The summed E-state index contributed by atoms with van der Waals surface area (Å²) in [5, 5.41) is 14.1. The molecule has 0 amide bonds. The van der Waals surface area contributed by atoms with E-state index in [1.54, 1.807) is 6.07 Å². The summed E-state index contributed by atoms with van der Waals surface area (Å²) in [6.07, 6.45) is -4.62. The van der Waals surface area contributed by atoms with Crippen molar-refractivity contribution >= 4 is 43.6 Å². The second kappa shape index (κ2) is 14.4. The number of hydrogen-bond acceptors (Lipinski definition) is 4. The van der Waals surface area contributed by atoms with Crippen LogP contribution in [-0.2, 0) is 6.18 Å². The molecule has 0 N–H and O–H groups in total. The van der Waals surface area contributed by atoms with Crippen molar-refractivity contribution in [1.29, 1.82) is 5.26 Å². The Balaban J connectivity index is 1.23. The number of nitriles is 1. The van der Waals surface area contributed by atoms with Gasteiger partial charge in [0.05, 0.1) is 50.6 Å². The van der Waals surface area contributed by atoms with Gasteiger partial charge in [-0.1, -0.05) is 127 Å². The van der Waals surface area contributed by atoms with Crippen LogP contribution in [0.3, 0.4) is 0 Å². The Morgan fingerprint density at radius 2 is 0.839 bits per heavy atom. The van der Waals surface area contributed by atoms with Crippen molar-refractivity contribution < 1.29 is 13.2 Å². The van der Waals surface area contributed by atoms with E-state index in [4.69, 9.17) is 15.0 Å². The summed E-state index contributed by atoms with van der Waals surface area (Å²) in [5.74, 6) is 0.871. The monoisotopic (exact) mass is 808 g/mol. The smallest absolute Gasteiger partial charge is 0.308 e. The summed E-state index contributed by atoms with van der Waals surface area (Å²) in [7, 11) is 0. The van der Waals surface area contributed by atoms with Crippen LogP contribution in [0.5, 0.6) is 0 Å². The van der Waals surface area contributed by atoms with Gasteiger partial charge in [-0.15, -0.1) is 0 Å². The zero-order valence-electron chi connectivity index (χ0n) is 32.7. The average Bonchev–Trinajstić information content (AvgIpc) is 3.84. The molecule has 0 aliphatic rings. The summed E-state index contributed by atoms with van der Waals surface area (Å²) >= 11 is 0. The third-order valence-electron chi connectivity index (χ3n) is 11.5. The Morgan fingerprint density at radius 1 is 0.403 bits per heavy atom. The van der Waals surface area contributed by atoms with Crippen LogP contribution in [0.4, 0.5) is 13.2 Å². The van der Waals surface area contributed by atoms with E-state index in [-0.39, 0.29) is 11.5 Å². The summed E-state index contributed by atoms with van der Waals surface area (Å²) in [5.41, 5.74) is 7.50. The minimum absolute atomic E-state index is 0.200. The van der Waals surface area contributed by atoms with E-state index in [0.717, 1.165) is 66.5 Å². The number of rotatable bonds is 6. The minimum Gasteiger partial charge on any atom is -0.308 e. The van der Waals surface area contributed by atoms with E-state index < -0.39 is 11.7 Å². The lowest BCUT2D eigenvalue weighted by Crippen LogP contribution is -2.09. The van der Waals surface area contributed by atoms with Gasteiger partial charge in [0.2, 0.25) is 0 Å². The molecule has 11 aromatic rings. The predicted molar refractivity (Wildman–Crippen MR) is 240 cm³/mol. The standard InChI is InChI=1S/C53H31F3N6/c54-53(55,56)36-27-29-43(49(31-36)62-46-24-12-8-20-40(46)41-21-9-13-25-47(41)62)52-59-50(33-14-2-1-3-15-33)58-51(60-52)42-28-26-34(37-17-5-4-16-35(37)32-57)30-48(42)61-44-22-10-6-18-38(44)39-19-7-11-23-45(39)61/h1-31H. The van der Waals surface area contributed by atoms with E-state index in [9.17, 15) is 18.4 Å². The van der Waals surface area contributed by atoms with E-state index in [0.29, 0.717) is 33.9 Å². The fourth-order valence-electron chi connectivity index (χ4n) is 8.68. The Morgan fingerprint density at radius 3 is 1.35 bits per heavy atom. The molecule has 9 heteroatoms. The van der Waals surface area contributed by atoms with Crippen molar-refractivity contribution in [1.82, 2.24) is 24.1 Å². The van der Waals surface area contributed by atoms with Gasteiger partial charge in [0.25, 0.3) is 0 Å². The lowest BCUT2D eigenvalue weighted by Gasteiger charge is -2.18. The van der Waals surface area contributed by atoms with Crippen LogP contribution in [0.2, 0.25) is 0 Å². The van der Waals surface area contributed by atoms with E-state index in [2.05, 4.69) is 41.0 Å². The number of nitrogens with zero attached hydrogens (tertiary/aromatic N) is 6. The summed E-state index contributed by atoms with van der Waals surface area (Å²) in [6.45, 7) is 0. The van der Waals surface area contributed by atoms with Crippen molar-refractivity contribution in [3.8, 4) is 62.7 Å². The molecular formula is C53H31F3N6. The maximum atomic E-state index is 14.7. The van der Waals surface area contributed by atoms with E-state index in [1.807, 2.05) is 138 Å². The fourth-order valence-corrected chi connectivity index (χ4v) is 8.68. The lowest BCUT2D eigenvalue weighted by atomic mass is 9.97. The van der Waals surface area contributed by atoms with Crippen LogP contribution >= 0.6 is 0 Å². The molecule has 11 rings (SSSR count). The highest BCUT2D eigenvalue weighted by molar-refractivity contribution is 6.11. The number of alkyl halides is 3. The van der Waals surface area contributed by atoms with Crippen LogP contribution in [0.25, 0.3) is 100 Å². The SMILES string of the molecule is N#Cc1ccccc1-c1ccc(-c2nc(-c3ccccc3)nc(-c3ccc(C(F)(F)F)cc3-n3c4ccccc4c4ccccc43)n2)c(-n2c3ccccc3c3ccccc32)c1. The molecule has 0 spiro atoms. The molecule has 0 aliphatic carbocycles. The van der Waals surface area contributed by atoms with Gasteiger partial charge in [0, 0.05) is 38.2 Å². The van der Waals surface area contributed by atoms with Gasteiger partial charge in [0.1, 0.15) is 0 Å². The topological polar surface area (TPSA) is 72.3 Å². The van der Waals surface area contributed by atoms with Crippen molar-refractivity contribution in [2.45, 2.75) is 6.18 Å². The van der Waals surface area contributed by atoms with Crippen LogP contribution in [0.1, 0.15) is 11.1 Å². The van der Waals surface area contributed by atoms with Gasteiger partial charge >= 0.3 is 6.18 Å². The minimum atomic E-state index is -4.62. The molecule has 3 heterocycles. The predicted octanol–water partition coefficient (Wildman–Crippen LogP) is 13.6. The quantitative estimate of drug-likeness (QED) is 0.168. The van der Waals surface area contributed by atoms with Crippen molar-refractivity contribution in [3.63, 3.8) is 0 Å². The van der Waals surface area contributed by atoms with Gasteiger partial charge in [-0.25, -0.2) is 15.0 Å². The van der Waals surface area contributed by atoms with Crippen molar-refractivity contribution in [2.75, 3.05) is 0 Å². The molecule has 0 atom stereocenters. The van der Waals surface area contributed by atoms with Gasteiger partial charge in [-0.05, 0) is 71.8 Å². The first-order chi connectivity index (χ1) is 30.4. The molecule has 0 saturated heterocycles. The van der Waals surface area contributed by atoms with E-state index in [1.165, 1.54) is 12.1 Å². The van der Waals surface area contributed by atoms with Crippen LogP contribution < -0.4 is 0 Å². The molecule has 6 nitrogen and oxygen atoms in total. The van der Waals surface area contributed by atoms with Gasteiger partial charge in [-0.3, -0.25) is 0 Å². The van der Waals surface area contributed by atoms with Crippen molar-refractivity contribution in [2.24, 2.45) is 0 Å². The van der Waals surface area contributed by atoms with Crippen LogP contribution in [0.15, 0.2) is 188 Å². The third kappa shape index (κ3) is 6.00. The molecule has 62 heavy (non-hydrogen) atoms. The molecule has 294 valence electrons. The summed E-state index contributed by atoms with van der Waals surface area (Å²) in [4.78, 5) is 15.4. The number of hydrogen-bond donors (Lipinski definition) is 0. The first kappa shape index (κ1) is 36.7. The zero-order valence-corrected chi connectivity index (χ0v) is 32.7. The Hall–Kier alpha value is -8.35. The third-order valence-corrected chi connectivity index (χ3v) is 11.5. The Kier molecular flexibility index (Phi) is 8.55. The van der Waals surface area contributed by atoms with Gasteiger partial charge in [-0.2, -0.15) is 18.4 Å². The maximum Gasteiger partial charge on any atom is 0.416 e. The van der Waals surface area contributed by atoms with Crippen LogP contribution in [0, 0.1) is 11.3 Å². The average molecular weight is 809 g/mol. The molecule has 0 saturated carbocycles. The van der Waals surface area contributed by atoms with E-state index >= 15 is 0 Å². The largest absolute Gasteiger partial charge is 0.416 e.